The maximum Gasteiger partial charge on any atom is 0.317 e. The number of hydrogen-bond acceptors (Lipinski definition) is 6. The highest BCUT2D eigenvalue weighted by molar-refractivity contribution is 7.78. The van der Waals surface area contributed by atoms with Crippen LogP contribution in [0.15, 0.2) is 30.3 Å². The number of nitriles is 1. The molecule has 3 atom stereocenters. The van der Waals surface area contributed by atoms with Crippen molar-refractivity contribution in [1.29, 1.82) is 5.26 Å². The van der Waals surface area contributed by atoms with Gasteiger partial charge in [-0.15, -0.1) is 0 Å². The topological polar surface area (TPSA) is 117 Å². The van der Waals surface area contributed by atoms with Crippen LogP contribution in [0.4, 0.5) is 13.2 Å². The molecule has 30 heavy (non-hydrogen) atoms. The Kier molecular flexibility index (Phi) is 5.85. The number of carbonyl (C=O) groups excluding carboxylic acids is 1. The number of fused-ring (bicyclic) bond motifs is 1. The van der Waals surface area contributed by atoms with E-state index in [1.54, 1.807) is 6.07 Å². The molecule has 0 bridgehead atoms. The molecule has 2 N–H and O–H groups in total. The van der Waals surface area contributed by atoms with E-state index >= 15 is 0 Å². The number of rotatable bonds is 5. The predicted molar refractivity (Wildman–Crippen MR) is 96.5 cm³/mol. The van der Waals surface area contributed by atoms with Crippen molar-refractivity contribution in [3.63, 3.8) is 0 Å². The molecule has 0 fully saturated rings. The summed E-state index contributed by atoms with van der Waals surface area (Å²) in [5, 5.41) is 19.2. The number of benzene rings is 2. The Balaban J connectivity index is 2.18. The van der Waals surface area contributed by atoms with Crippen LogP contribution in [0.2, 0.25) is 0 Å². The number of esters is 1. The van der Waals surface area contributed by atoms with E-state index in [0.29, 0.717) is 0 Å². The van der Waals surface area contributed by atoms with Crippen LogP contribution in [0.3, 0.4) is 0 Å². The third kappa shape index (κ3) is 4.02. The van der Waals surface area contributed by atoms with Gasteiger partial charge in [0.15, 0.2) is 23.3 Å². The number of aliphatic hydroxyl groups excluding tert-OH is 1. The zero-order valence-corrected chi connectivity index (χ0v) is 16.1. The number of ether oxygens (including phenoxy) is 2. The molecule has 2 aromatic rings. The van der Waals surface area contributed by atoms with Crippen LogP contribution in [-0.2, 0) is 26.4 Å². The van der Waals surface area contributed by atoms with Gasteiger partial charge in [-0.1, -0.05) is 6.07 Å². The summed E-state index contributed by atoms with van der Waals surface area (Å²) >= 11 is -2.42. The SMILES string of the molecule is CC(=O)O[C@H]1c2c(CS(=O)O)ccc(Oc3cc(F)cc(C#N)c3)c2[C@@H](O)C1(F)F. The molecule has 1 aliphatic carbocycles. The fourth-order valence-electron chi connectivity index (χ4n) is 3.25. The van der Waals surface area contributed by atoms with Crippen molar-refractivity contribution in [3.05, 3.63) is 58.4 Å². The van der Waals surface area contributed by atoms with Crippen LogP contribution in [-0.4, -0.2) is 25.8 Å². The van der Waals surface area contributed by atoms with Crippen LogP contribution >= 0.6 is 0 Å². The highest BCUT2D eigenvalue weighted by atomic mass is 32.2. The molecule has 0 heterocycles. The second kappa shape index (κ2) is 8.06. The van der Waals surface area contributed by atoms with Crippen LogP contribution in [0.5, 0.6) is 11.5 Å². The average molecular weight is 441 g/mol. The van der Waals surface area contributed by atoms with Gasteiger partial charge in [-0.3, -0.25) is 4.79 Å². The van der Waals surface area contributed by atoms with Crippen molar-refractivity contribution in [3.8, 4) is 17.6 Å². The Hall–Kier alpha value is -2.94. The van der Waals surface area contributed by atoms with E-state index in [2.05, 4.69) is 0 Å². The lowest BCUT2D eigenvalue weighted by Crippen LogP contribution is -2.30. The molecule has 1 unspecified atom stereocenters. The average Bonchev–Trinajstić information content (AvgIpc) is 2.84. The maximum atomic E-state index is 14.8. The minimum absolute atomic E-state index is 0.0578. The molecule has 0 saturated carbocycles. The number of aliphatic hydroxyl groups is 1. The standard InChI is InChI=1S/C19H14F3NO6S/c1-9(24)28-18-15-11(8-30(26)27)2-3-14(16(15)17(25)19(18,21)22)29-13-5-10(7-23)4-12(20)6-13/h2-6,17-18,25H,8H2,1H3,(H,26,27)/t17-,18+/m1/s1. The third-order valence-corrected chi connectivity index (χ3v) is 4.94. The zero-order valence-electron chi connectivity index (χ0n) is 15.3. The summed E-state index contributed by atoms with van der Waals surface area (Å²) in [5.41, 5.74) is -0.966. The van der Waals surface area contributed by atoms with Gasteiger partial charge in [0, 0.05) is 24.1 Å². The fraction of sp³-hybridized carbons (Fsp3) is 0.263. The van der Waals surface area contributed by atoms with Crippen LogP contribution in [0, 0.1) is 17.1 Å². The number of halogens is 3. The van der Waals surface area contributed by atoms with Gasteiger partial charge in [0.25, 0.3) is 0 Å². The lowest BCUT2D eigenvalue weighted by atomic mass is 10.0. The summed E-state index contributed by atoms with van der Waals surface area (Å²) in [5.74, 6) is -6.89. The molecule has 0 radical (unpaired) electrons. The van der Waals surface area contributed by atoms with Crippen LogP contribution in [0.1, 0.15) is 41.4 Å². The molecule has 0 aromatic heterocycles. The first kappa shape index (κ1) is 21.8. The lowest BCUT2D eigenvalue weighted by Gasteiger charge is -2.22. The number of hydrogen-bond donors (Lipinski definition) is 2. The molecule has 7 nitrogen and oxygen atoms in total. The quantitative estimate of drug-likeness (QED) is 0.539. The summed E-state index contributed by atoms with van der Waals surface area (Å²) in [6.07, 6.45) is -4.69. The van der Waals surface area contributed by atoms with E-state index in [0.717, 1.165) is 31.2 Å². The van der Waals surface area contributed by atoms with Gasteiger partial charge >= 0.3 is 11.9 Å². The van der Waals surface area contributed by atoms with Gasteiger partial charge in [0.1, 0.15) is 17.3 Å². The predicted octanol–water partition coefficient (Wildman–Crippen LogP) is 3.50. The second-order valence-corrected chi connectivity index (χ2v) is 7.40. The molecular formula is C19H14F3NO6S. The highest BCUT2D eigenvalue weighted by Gasteiger charge is 2.59. The van der Waals surface area contributed by atoms with E-state index in [1.807, 2.05) is 0 Å². The van der Waals surface area contributed by atoms with Gasteiger partial charge in [-0.25, -0.2) is 8.60 Å². The summed E-state index contributed by atoms with van der Waals surface area (Å²) in [4.78, 5) is 11.4. The van der Waals surface area contributed by atoms with Gasteiger partial charge in [0.05, 0.1) is 17.4 Å². The van der Waals surface area contributed by atoms with Gasteiger partial charge in [-0.05, 0) is 23.8 Å². The number of nitrogens with zero attached hydrogens (tertiary/aromatic N) is 1. The van der Waals surface area contributed by atoms with E-state index in [-0.39, 0.29) is 28.2 Å². The van der Waals surface area contributed by atoms with E-state index < -0.39 is 52.3 Å². The van der Waals surface area contributed by atoms with Gasteiger partial charge < -0.3 is 19.1 Å². The van der Waals surface area contributed by atoms with Crippen molar-refractivity contribution in [2.24, 2.45) is 0 Å². The van der Waals surface area contributed by atoms with E-state index in [9.17, 15) is 31.8 Å². The Morgan fingerprint density at radius 2 is 2.00 bits per heavy atom. The summed E-state index contributed by atoms with van der Waals surface area (Å²) < 4.78 is 73.8. The van der Waals surface area contributed by atoms with Crippen LogP contribution in [0.25, 0.3) is 0 Å². The molecule has 0 saturated heterocycles. The smallest absolute Gasteiger partial charge is 0.317 e. The molecular weight excluding hydrogens is 427 g/mol. The Labute approximate surface area is 170 Å². The molecule has 1 aliphatic rings. The number of carbonyl (C=O) groups is 1. The molecule has 0 spiro atoms. The largest absolute Gasteiger partial charge is 0.457 e. The normalized spacial score (nSPS) is 20.2. The van der Waals surface area contributed by atoms with Crippen molar-refractivity contribution in [2.75, 3.05) is 0 Å². The molecule has 158 valence electrons. The second-order valence-electron chi connectivity index (χ2n) is 6.47. The van der Waals surface area contributed by atoms with Crippen molar-refractivity contribution >= 4 is 17.0 Å². The van der Waals surface area contributed by atoms with E-state index in [4.69, 9.17) is 14.7 Å². The van der Waals surface area contributed by atoms with Gasteiger partial charge in [-0.2, -0.15) is 14.0 Å². The summed E-state index contributed by atoms with van der Waals surface area (Å²) in [6, 6.07) is 7.10. The van der Waals surface area contributed by atoms with Gasteiger partial charge in [0.2, 0.25) is 0 Å². The van der Waals surface area contributed by atoms with Crippen LogP contribution < -0.4 is 4.74 Å². The maximum absolute atomic E-state index is 14.8. The lowest BCUT2D eigenvalue weighted by molar-refractivity contribution is -0.193. The molecule has 11 heteroatoms. The number of alkyl halides is 2. The summed E-state index contributed by atoms with van der Waals surface area (Å²) in [6.45, 7) is 0.904. The molecule has 2 aromatic carbocycles. The first-order chi connectivity index (χ1) is 14.0. The third-order valence-electron chi connectivity index (χ3n) is 4.38. The molecule has 0 amide bonds. The zero-order chi connectivity index (χ0) is 22.2. The minimum Gasteiger partial charge on any atom is -0.457 e. The first-order valence-electron chi connectivity index (χ1n) is 8.39. The monoisotopic (exact) mass is 441 g/mol. The summed E-state index contributed by atoms with van der Waals surface area (Å²) in [7, 11) is 0. The fourth-order valence-corrected chi connectivity index (χ4v) is 3.76. The van der Waals surface area contributed by atoms with Crippen molar-refractivity contribution in [1.82, 2.24) is 0 Å². The van der Waals surface area contributed by atoms with Crippen molar-refractivity contribution in [2.45, 2.75) is 30.8 Å². The Morgan fingerprint density at radius 3 is 2.60 bits per heavy atom. The molecule has 3 rings (SSSR count). The molecule has 0 aliphatic heterocycles. The van der Waals surface area contributed by atoms with E-state index in [1.165, 1.54) is 6.07 Å². The van der Waals surface area contributed by atoms with Crippen molar-refractivity contribution < 1.29 is 41.3 Å². The Bertz CT molecular complexity index is 1080. The Morgan fingerprint density at radius 1 is 1.30 bits per heavy atom. The minimum atomic E-state index is -3.96. The first-order valence-corrected chi connectivity index (χ1v) is 9.67. The highest BCUT2D eigenvalue weighted by Crippen LogP contribution is 2.56.